The van der Waals surface area contributed by atoms with Crippen molar-refractivity contribution in [3.05, 3.63) is 0 Å². The molecule has 7 N–H and O–H groups in total. The van der Waals surface area contributed by atoms with E-state index in [1.807, 2.05) is 0 Å². The lowest BCUT2D eigenvalue weighted by atomic mass is 10.2. The van der Waals surface area contributed by atoms with E-state index in [0.29, 0.717) is 11.5 Å². The molecule has 0 spiro atoms. The summed E-state index contributed by atoms with van der Waals surface area (Å²) in [5.41, 5.74) is 17.0. The Hall–Kier alpha value is -1.38. The second-order valence-corrected chi connectivity index (χ2v) is 3.02. The zero-order valence-electron chi connectivity index (χ0n) is 6.48. The summed E-state index contributed by atoms with van der Waals surface area (Å²) < 4.78 is 0. The van der Waals surface area contributed by atoms with E-state index in [1.54, 1.807) is 0 Å². The number of hydrogen-bond donors (Lipinski definition) is 4. The molecule has 2 heterocycles. The molecular weight excluding hydrogens is 190 g/mol. The molecule has 68 valence electrons. The van der Waals surface area contributed by atoms with Gasteiger partial charge in [-0.2, -0.15) is 4.99 Å². The largest absolute Gasteiger partial charge is 0.370 e. The second kappa shape index (κ2) is 2.31. The highest BCUT2D eigenvalue weighted by Crippen LogP contribution is 2.10. The van der Waals surface area contributed by atoms with Crippen LogP contribution < -0.4 is 22.5 Å². The first-order valence-electron chi connectivity index (χ1n) is 3.41. The third-order valence-electron chi connectivity index (χ3n) is 1.57. The van der Waals surface area contributed by atoms with Gasteiger partial charge in [0.05, 0.1) is 0 Å². The average molecular weight is 197 g/mol. The second-order valence-electron chi connectivity index (χ2n) is 2.65. The van der Waals surface area contributed by atoms with Gasteiger partial charge in [0.2, 0.25) is 10.9 Å². The number of nitrogens with zero attached hydrogens (tertiary/aromatic N) is 3. The van der Waals surface area contributed by atoms with E-state index >= 15 is 0 Å². The Labute approximate surface area is 78.8 Å². The third kappa shape index (κ3) is 1.20. The van der Waals surface area contributed by atoms with Gasteiger partial charge in [-0.15, -0.1) is 0 Å². The van der Waals surface area contributed by atoms with Crippen LogP contribution in [-0.4, -0.2) is 28.4 Å². The van der Waals surface area contributed by atoms with Gasteiger partial charge in [-0.25, -0.2) is 9.98 Å². The number of nitrogens with two attached hydrogens (primary N) is 3. The Balaban J connectivity index is 2.54. The number of guanidine groups is 1. The van der Waals surface area contributed by atoms with Gasteiger partial charge >= 0.3 is 0 Å². The van der Waals surface area contributed by atoms with Crippen molar-refractivity contribution in [2.45, 2.75) is 5.79 Å². The summed E-state index contributed by atoms with van der Waals surface area (Å²) in [5, 5.41) is 2.83. The minimum atomic E-state index is -1.44. The fourth-order valence-electron chi connectivity index (χ4n) is 1.09. The minimum absolute atomic E-state index is 0.104. The van der Waals surface area contributed by atoms with Crippen LogP contribution in [0.15, 0.2) is 15.0 Å². The molecule has 2 aliphatic heterocycles. The standard InChI is InChI=1S/C5H7N7S/c6-3-10-2-1(5(7,8)12-3)9-4(13)11-2/h7-8H2,(H3,6,10,11,12,13). The van der Waals surface area contributed by atoms with Gasteiger partial charge < -0.3 is 11.1 Å². The number of fused-ring (bicyclic) bond motifs is 1. The molecule has 0 fully saturated rings. The predicted molar refractivity (Wildman–Crippen MR) is 53.3 cm³/mol. The van der Waals surface area contributed by atoms with E-state index in [4.69, 9.17) is 29.4 Å². The summed E-state index contributed by atoms with van der Waals surface area (Å²) in [7, 11) is 0. The Bertz CT molecular complexity index is 376. The fraction of sp³-hybridized carbons (Fsp3) is 0.200. The van der Waals surface area contributed by atoms with Crippen LogP contribution in [0.4, 0.5) is 0 Å². The Kier molecular flexibility index (Phi) is 1.46. The molecule has 2 rings (SSSR count). The van der Waals surface area contributed by atoms with Gasteiger partial charge in [0.25, 0.3) is 0 Å². The van der Waals surface area contributed by atoms with E-state index in [0.717, 1.165) is 0 Å². The van der Waals surface area contributed by atoms with Crippen molar-refractivity contribution in [1.29, 1.82) is 0 Å². The SMILES string of the molecule is NC1=NC(N)(N)C2=NC(=S)N=C2N1. The minimum Gasteiger partial charge on any atom is -0.370 e. The molecule has 7 nitrogen and oxygen atoms in total. The Morgan fingerprint density at radius 2 is 2.00 bits per heavy atom. The maximum atomic E-state index is 5.61. The lowest BCUT2D eigenvalue weighted by molar-refractivity contribution is 0.624. The van der Waals surface area contributed by atoms with Gasteiger partial charge in [0.15, 0.2) is 11.8 Å². The lowest BCUT2D eigenvalue weighted by Gasteiger charge is -2.25. The topological polar surface area (TPSA) is 127 Å². The van der Waals surface area contributed by atoms with Crippen molar-refractivity contribution in [1.82, 2.24) is 5.32 Å². The van der Waals surface area contributed by atoms with Gasteiger partial charge in [0.1, 0.15) is 5.71 Å². The summed E-state index contributed by atoms with van der Waals surface area (Å²) >= 11 is 4.76. The molecule has 0 amide bonds. The molecule has 0 aromatic heterocycles. The number of nitrogens with one attached hydrogen (secondary N) is 1. The van der Waals surface area contributed by atoms with Gasteiger partial charge in [-0.05, 0) is 12.2 Å². The first kappa shape index (κ1) is 8.23. The predicted octanol–water partition coefficient (Wildman–Crippen LogP) is -2.39. The van der Waals surface area contributed by atoms with Crippen LogP contribution in [0.25, 0.3) is 0 Å². The molecule has 0 aliphatic carbocycles. The highest BCUT2D eigenvalue weighted by atomic mass is 32.1. The zero-order chi connectivity index (χ0) is 9.64. The molecule has 0 radical (unpaired) electrons. The van der Waals surface area contributed by atoms with Crippen LogP contribution in [0.3, 0.4) is 0 Å². The molecule has 13 heavy (non-hydrogen) atoms. The van der Waals surface area contributed by atoms with Crippen LogP contribution in [-0.2, 0) is 0 Å². The number of rotatable bonds is 0. The van der Waals surface area contributed by atoms with Crippen molar-refractivity contribution in [3.63, 3.8) is 0 Å². The number of thiocarbonyl (C=S) groups is 1. The smallest absolute Gasteiger partial charge is 0.221 e. The summed E-state index contributed by atoms with van der Waals surface area (Å²) in [6, 6.07) is 0. The zero-order valence-corrected chi connectivity index (χ0v) is 7.30. The van der Waals surface area contributed by atoms with Gasteiger partial charge in [-0.1, -0.05) is 0 Å². The van der Waals surface area contributed by atoms with Crippen LogP contribution in [0.5, 0.6) is 0 Å². The van der Waals surface area contributed by atoms with Crippen molar-refractivity contribution >= 4 is 34.8 Å². The highest BCUT2D eigenvalue weighted by molar-refractivity contribution is 7.80. The number of aliphatic imine (C=N–C) groups is 3. The molecule has 0 unspecified atom stereocenters. The quantitative estimate of drug-likeness (QED) is 0.254. The average Bonchev–Trinajstić information content (AvgIpc) is 2.28. The number of amidine groups is 1. The maximum Gasteiger partial charge on any atom is 0.221 e. The fourth-order valence-corrected chi connectivity index (χ4v) is 1.27. The van der Waals surface area contributed by atoms with Crippen LogP contribution >= 0.6 is 12.2 Å². The van der Waals surface area contributed by atoms with Crippen molar-refractivity contribution < 1.29 is 0 Å². The van der Waals surface area contributed by atoms with E-state index in [9.17, 15) is 0 Å². The van der Waals surface area contributed by atoms with Crippen LogP contribution in [0, 0.1) is 0 Å². The Morgan fingerprint density at radius 1 is 1.31 bits per heavy atom. The lowest BCUT2D eigenvalue weighted by Crippen LogP contribution is -2.65. The summed E-state index contributed by atoms with van der Waals surface area (Å²) in [6.07, 6.45) is 0. The molecule has 0 atom stereocenters. The summed E-state index contributed by atoms with van der Waals surface area (Å²) in [5.74, 6) is -0.954. The monoisotopic (exact) mass is 197 g/mol. The van der Waals surface area contributed by atoms with Crippen LogP contribution in [0.1, 0.15) is 0 Å². The summed E-state index contributed by atoms with van der Waals surface area (Å²) in [6.45, 7) is 0. The molecule has 2 aliphatic rings. The maximum absolute atomic E-state index is 5.61. The molecule has 8 heteroatoms. The normalized spacial score (nSPS) is 24.2. The third-order valence-corrected chi connectivity index (χ3v) is 1.75. The highest BCUT2D eigenvalue weighted by Gasteiger charge is 2.37. The molecular formula is C5H7N7S. The molecule has 0 bridgehead atoms. The van der Waals surface area contributed by atoms with Crippen molar-refractivity contribution in [3.8, 4) is 0 Å². The van der Waals surface area contributed by atoms with Crippen LogP contribution in [0.2, 0.25) is 0 Å². The van der Waals surface area contributed by atoms with Crippen molar-refractivity contribution in [2.75, 3.05) is 0 Å². The van der Waals surface area contributed by atoms with E-state index in [-0.39, 0.29) is 11.1 Å². The van der Waals surface area contributed by atoms with E-state index in [1.165, 1.54) is 0 Å². The Morgan fingerprint density at radius 3 is 2.69 bits per heavy atom. The first-order valence-corrected chi connectivity index (χ1v) is 3.82. The molecule has 0 saturated heterocycles. The first-order chi connectivity index (χ1) is 5.99. The summed E-state index contributed by atoms with van der Waals surface area (Å²) in [4.78, 5) is 11.5. The molecule has 0 saturated carbocycles. The van der Waals surface area contributed by atoms with E-state index in [2.05, 4.69) is 20.3 Å². The van der Waals surface area contributed by atoms with Gasteiger partial charge in [0, 0.05) is 0 Å². The van der Waals surface area contributed by atoms with E-state index < -0.39 is 5.79 Å². The molecule has 0 aromatic rings. The van der Waals surface area contributed by atoms with Crippen molar-refractivity contribution in [2.24, 2.45) is 32.2 Å². The van der Waals surface area contributed by atoms with Gasteiger partial charge in [-0.3, -0.25) is 11.5 Å². The number of hydrogen-bond acceptors (Lipinski definition) is 6. The molecule has 0 aromatic carbocycles.